The van der Waals surface area contributed by atoms with Crippen molar-refractivity contribution in [1.29, 1.82) is 0 Å². The molecule has 0 saturated carbocycles. The van der Waals surface area contributed by atoms with E-state index in [1.54, 1.807) is 4.90 Å². The summed E-state index contributed by atoms with van der Waals surface area (Å²) < 4.78 is 21.8. The van der Waals surface area contributed by atoms with Crippen LogP contribution in [-0.2, 0) is 4.74 Å². The first kappa shape index (κ1) is 18.6. The van der Waals surface area contributed by atoms with Crippen molar-refractivity contribution in [3.63, 3.8) is 0 Å². The zero-order valence-electron chi connectivity index (χ0n) is 15.8. The fraction of sp³-hybridized carbons (Fsp3) is 0.632. The van der Waals surface area contributed by atoms with Gasteiger partial charge in [0.2, 0.25) is 6.79 Å². The monoisotopic (exact) mass is 364 g/mol. The van der Waals surface area contributed by atoms with E-state index in [-0.39, 0.29) is 12.9 Å². The molecule has 7 heteroatoms. The van der Waals surface area contributed by atoms with Crippen LogP contribution in [0.1, 0.15) is 27.2 Å². The third-order valence-electron chi connectivity index (χ3n) is 4.26. The summed E-state index contributed by atoms with van der Waals surface area (Å²) in [5, 5.41) is 0. The summed E-state index contributed by atoms with van der Waals surface area (Å²) in [5.74, 6) is 2.30. The van der Waals surface area contributed by atoms with E-state index < -0.39 is 5.60 Å². The Morgan fingerprint density at radius 2 is 1.85 bits per heavy atom. The summed E-state index contributed by atoms with van der Waals surface area (Å²) in [5.41, 5.74) is -0.444. The smallest absolute Gasteiger partial charge is 0.410 e. The Hall–Kier alpha value is -2.15. The molecule has 0 atom stereocenters. The van der Waals surface area contributed by atoms with Crippen LogP contribution in [0.15, 0.2) is 18.2 Å². The summed E-state index contributed by atoms with van der Waals surface area (Å²) in [6.07, 6.45) is 0.712. The van der Waals surface area contributed by atoms with Gasteiger partial charge < -0.3 is 23.8 Å². The van der Waals surface area contributed by atoms with Gasteiger partial charge in [-0.3, -0.25) is 4.90 Å². The highest BCUT2D eigenvalue weighted by Crippen LogP contribution is 2.35. The van der Waals surface area contributed by atoms with E-state index in [0.29, 0.717) is 19.7 Å². The molecule has 1 amide bonds. The summed E-state index contributed by atoms with van der Waals surface area (Å²) >= 11 is 0. The van der Waals surface area contributed by atoms with Gasteiger partial charge in [-0.25, -0.2) is 4.79 Å². The summed E-state index contributed by atoms with van der Waals surface area (Å²) in [4.78, 5) is 16.2. The first-order valence-corrected chi connectivity index (χ1v) is 9.13. The minimum Gasteiger partial charge on any atom is -0.493 e. The molecule has 3 rings (SSSR count). The number of piperazine rings is 1. The molecule has 1 saturated heterocycles. The third kappa shape index (κ3) is 5.17. The Bertz CT molecular complexity index is 621. The van der Waals surface area contributed by atoms with Gasteiger partial charge in [0.05, 0.1) is 6.61 Å². The quantitative estimate of drug-likeness (QED) is 0.749. The normalized spacial score (nSPS) is 17.3. The van der Waals surface area contributed by atoms with Gasteiger partial charge in [0.1, 0.15) is 11.4 Å². The average Bonchev–Trinajstić information content (AvgIpc) is 3.05. The Morgan fingerprint density at radius 1 is 1.12 bits per heavy atom. The van der Waals surface area contributed by atoms with Crippen LogP contribution in [0.25, 0.3) is 0 Å². The molecular weight excluding hydrogens is 336 g/mol. The standard InChI is InChI=1S/C19H28N2O5/c1-19(2,3)26-18(22)21-10-8-20(9-11-21)7-4-12-23-15-5-6-16-17(13-15)25-14-24-16/h5-6,13H,4,7-12,14H2,1-3H3. The molecule has 0 bridgehead atoms. The molecule has 1 aromatic carbocycles. The van der Waals surface area contributed by atoms with Crippen LogP contribution in [0.2, 0.25) is 0 Å². The predicted molar refractivity (Wildman–Crippen MR) is 96.9 cm³/mol. The molecule has 0 radical (unpaired) electrons. The Balaban J connectivity index is 1.32. The summed E-state index contributed by atoms with van der Waals surface area (Å²) in [7, 11) is 0. The van der Waals surface area contributed by atoms with Crippen molar-refractivity contribution < 1.29 is 23.7 Å². The predicted octanol–water partition coefficient (Wildman–Crippen LogP) is 2.74. The molecule has 1 fully saturated rings. The molecule has 2 aliphatic rings. The largest absolute Gasteiger partial charge is 0.493 e. The number of amides is 1. The van der Waals surface area contributed by atoms with Gasteiger partial charge in [-0.2, -0.15) is 0 Å². The number of rotatable bonds is 5. The van der Waals surface area contributed by atoms with Gasteiger partial charge in [-0.15, -0.1) is 0 Å². The first-order valence-electron chi connectivity index (χ1n) is 9.13. The molecule has 1 aromatic rings. The number of benzene rings is 1. The van der Waals surface area contributed by atoms with E-state index >= 15 is 0 Å². The molecule has 7 nitrogen and oxygen atoms in total. The molecule has 2 heterocycles. The van der Waals surface area contributed by atoms with Crippen molar-refractivity contribution in [2.24, 2.45) is 0 Å². The van der Waals surface area contributed by atoms with E-state index in [1.165, 1.54) is 0 Å². The van der Waals surface area contributed by atoms with Crippen molar-refractivity contribution in [2.75, 3.05) is 46.1 Å². The van der Waals surface area contributed by atoms with Crippen LogP contribution in [0.5, 0.6) is 17.2 Å². The fourth-order valence-corrected chi connectivity index (χ4v) is 2.93. The lowest BCUT2D eigenvalue weighted by molar-refractivity contribution is 0.0142. The van der Waals surface area contributed by atoms with Crippen LogP contribution in [0.4, 0.5) is 4.79 Å². The van der Waals surface area contributed by atoms with Crippen LogP contribution in [-0.4, -0.2) is 67.6 Å². The van der Waals surface area contributed by atoms with Crippen molar-refractivity contribution in [3.8, 4) is 17.2 Å². The molecule has 0 spiro atoms. The topological polar surface area (TPSA) is 60.5 Å². The minimum atomic E-state index is -0.444. The molecule has 0 aliphatic carbocycles. The van der Waals surface area contributed by atoms with E-state index in [2.05, 4.69) is 4.90 Å². The second-order valence-electron chi connectivity index (χ2n) is 7.53. The van der Waals surface area contributed by atoms with Crippen molar-refractivity contribution in [3.05, 3.63) is 18.2 Å². The van der Waals surface area contributed by atoms with Crippen LogP contribution in [0, 0.1) is 0 Å². The Kier molecular flexibility index (Phi) is 5.76. The molecule has 144 valence electrons. The molecular formula is C19H28N2O5. The van der Waals surface area contributed by atoms with Crippen LogP contribution >= 0.6 is 0 Å². The Labute approximate surface area is 154 Å². The van der Waals surface area contributed by atoms with Crippen molar-refractivity contribution in [2.45, 2.75) is 32.8 Å². The van der Waals surface area contributed by atoms with E-state index in [4.69, 9.17) is 18.9 Å². The number of carbonyl (C=O) groups excluding carboxylic acids is 1. The van der Waals surface area contributed by atoms with Gasteiger partial charge in [-0.1, -0.05) is 0 Å². The van der Waals surface area contributed by atoms with E-state index in [0.717, 1.165) is 43.3 Å². The van der Waals surface area contributed by atoms with Gasteiger partial charge >= 0.3 is 6.09 Å². The molecule has 26 heavy (non-hydrogen) atoms. The molecule has 0 unspecified atom stereocenters. The Morgan fingerprint density at radius 3 is 2.58 bits per heavy atom. The SMILES string of the molecule is CC(C)(C)OC(=O)N1CCN(CCCOc2ccc3c(c2)OCO3)CC1. The summed E-state index contributed by atoms with van der Waals surface area (Å²) in [6, 6.07) is 5.63. The number of fused-ring (bicyclic) bond motifs is 1. The number of carbonyl (C=O) groups is 1. The zero-order valence-corrected chi connectivity index (χ0v) is 15.8. The third-order valence-corrected chi connectivity index (χ3v) is 4.26. The molecule has 0 N–H and O–H groups in total. The van der Waals surface area contributed by atoms with Gasteiger partial charge in [0, 0.05) is 38.8 Å². The molecule has 0 aromatic heterocycles. The van der Waals surface area contributed by atoms with E-state index in [1.807, 2.05) is 39.0 Å². The highest BCUT2D eigenvalue weighted by Gasteiger charge is 2.25. The van der Waals surface area contributed by atoms with Gasteiger partial charge in [0.15, 0.2) is 11.5 Å². The maximum atomic E-state index is 12.1. The summed E-state index contributed by atoms with van der Waals surface area (Å²) in [6.45, 7) is 10.7. The minimum absolute atomic E-state index is 0.219. The molecule has 2 aliphatic heterocycles. The number of ether oxygens (including phenoxy) is 4. The highest BCUT2D eigenvalue weighted by atomic mass is 16.7. The lowest BCUT2D eigenvalue weighted by atomic mass is 10.2. The first-order chi connectivity index (χ1) is 12.4. The maximum absolute atomic E-state index is 12.1. The number of nitrogens with zero attached hydrogens (tertiary/aromatic N) is 2. The van der Waals surface area contributed by atoms with E-state index in [9.17, 15) is 4.79 Å². The van der Waals surface area contributed by atoms with Gasteiger partial charge in [0.25, 0.3) is 0 Å². The lowest BCUT2D eigenvalue weighted by Gasteiger charge is -2.35. The zero-order chi connectivity index (χ0) is 18.6. The van der Waals surface area contributed by atoms with Crippen molar-refractivity contribution >= 4 is 6.09 Å². The van der Waals surface area contributed by atoms with Crippen molar-refractivity contribution in [1.82, 2.24) is 9.80 Å². The van der Waals surface area contributed by atoms with Gasteiger partial charge in [-0.05, 0) is 39.3 Å². The maximum Gasteiger partial charge on any atom is 0.410 e. The second-order valence-corrected chi connectivity index (χ2v) is 7.53. The second kappa shape index (κ2) is 8.03. The number of hydrogen-bond donors (Lipinski definition) is 0. The lowest BCUT2D eigenvalue weighted by Crippen LogP contribution is -2.50. The van der Waals surface area contributed by atoms with Crippen LogP contribution < -0.4 is 14.2 Å². The fourth-order valence-electron chi connectivity index (χ4n) is 2.93. The van der Waals surface area contributed by atoms with Crippen LogP contribution in [0.3, 0.4) is 0 Å². The number of hydrogen-bond acceptors (Lipinski definition) is 6. The highest BCUT2D eigenvalue weighted by molar-refractivity contribution is 5.68. The average molecular weight is 364 g/mol.